The van der Waals surface area contributed by atoms with Crippen LogP contribution in [0, 0.1) is 0 Å². The lowest BCUT2D eigenvalue weighted by Crippen LogP contribution is -2.37. The maximum atomic E-state index is 12.5. The summed E-state index contributed by atoms with van der Waals surface area (Å²) in [4.78, 5) is 22.6. The number of carbonyl (C=O) groups excluding carboxylic acids is 1. The molecule has 0 fully saturated rings. The molecule has 0 aromatic carbocycles. The van der Waals surface area contributed by atoms with Crippen LogP contribution in [-0.2, 0) is 27.9 Å². The molecule has 0 aliphatic rings. The highest BCUT2D eigenvalue weighted by Crippen LogP contribution is 2.43. The number of phosphoric ester groups is 1. The number of hydrogen-bond donors (Lipinski definition) is 1. The van der Waals surface area contributed by atoms with E-state index in [1.165, 1.54) is 64.2 Å². The number of unbranched alkanes of at least 4 members (excludes halogenated alkanes) is 11. The van der Waals surface area contributed by atoms with Gasteiger partial charge in [0.25, 0.3) is 0 Å². The predicted octanol–water partition coefficient (Wildman–Crippen LogP) is 13.4. The Morgan fingerprint density at radius 1 is 0.579 bits per heavy atom. The summed E-state index contributed by atoms with van der Waals surface area (Å²) in [5.41, 5.74) is 0. The average Bonchev–Trinajstić information content (AvgIpc) is 3.17. The Hall–Kier alpha value is -2.74. The summed E-state index contributed by atoms with van der Waals surface area (Å²) >= 11 is 0. The second-order valence-corrected chi connectivity index (χ2v) is 16.9. The minimum absolute atomic E-state index is 0.0720. The Bertz CT molecular complexity index is 1230. The molecule has 0 aliphatic heterocycles. The van der Waals surface area contributed by atoms with Gasteiger partial charge in [0, 0.05) is 6.42 Å². The summed E-state index contributed by atoms with van der Waals surface area (Å²) in [7, 11) is 1.61. The van der Waals surface area contributed by atoms with Crippen LogP contribution in [0.25, 0.3) is 0 Å². The van der Waals surface area contributed by atoms with E-state index >= 15 is 0 Å². The highest BCUT2D eigenvalue weighted by molar-refractivity contribution is 7.47. The van der Waals surface area contributed by atoms with E-state index in [1.807, 2.05) is 39.4 Å². The van der Waals surface area contributed by atoms with Crippen LogP contribution in [0.15, 0.2) is 97.4 Å². The van der Waals surface area contributed by atoms with E-state index < -0.39 is 13.9 Å². The number of carbonyl (C=O) groups is 1. The van der Waals surface area contributed by atoms with Gasteiger partial charge in [0.1, 0.15) is 19.8 Å². The molecule has 0 aromatic rings. The Morgan fingerprint density at radius 3 is 1.54 bits per heavy atom. The standard InChI is InChI=1S/C48H82NO7P/c1-6-8-10-12-14-16-18-20-22-24-25-26-27-29-31-33-35-37-39-41-48(50)54-45-47(46-56-57(51,52)55-44-42-49(3,4)5)53-43-40-38-36-34-32-30-28-23-21-19-17-15-13-11-9-7-2/h8,10,14,16-17,19-20,22,25-26,29,31,35,37,40,43,47H,6-7,9,11-13,15,18,21,23-24,27-28,30,32-34,36,38-39,41-42,44-46H2,1-5H3/p+1/b10-8-,16-14-,19-17-,22-20-,26-25-,31-29-,37-35-,43-40-. The van der Waals surface area contributed by atoms with Gasteiger partial charge in [-0.1, -0.05) is 144 Å². The molecule has 0 saturated carbocycles. The van der Waals surface area contributed by atoms with Gasteiger partial charge in [-0.2, -0.15) is 0 Å². The third-order valence-electron chi connectivity index (χ3n) is 8.73. The number of phosphoric acid groups is 1. The molecule has 326 valence electrons. The first-order chi connectivity index (χ1) is 27.6. The van der Waals surface area contributed by atoms with Gasteiger partial charge in [0.2, 0.25) is 0 Å². The molecule has 2 atom stereocenters. The van der Waals surface area contributed by atoms with Crippen molar-refractivity contribution < 1.29 is 37.3 Å². The van der Waals surface area contributed by atoms with E-state index in [0.717, 1.165) is 57.8 Å². The number of hydrogen-bond acceptors (Lipinski definition) is 6. The van der Waals surface area contributed by atoms with Crippen molar-refractivity contribution in [3.63, 3.8) is 0 Å². The van der Waals surface area contributed by atoms with Crippen molar-refractivity contribution in [3.8, 4) is 0 Å². The molecule has 0 aliphatic carbocycles. The zero-order valence-electron chi connectivity index (χ0n) is 36.8. The van der Waals surface area contributed by atoms with Crippen molar-refractivity contribution in [1.82, 2.24) is 0 Å². The first-order valence-corrected chi connectivity index (χ1v) is 23.5. The lowest BCUT2D eigenvalue weighted by molar-refractivity contribution is -0.870. The predicted molar refractivity (Wildman–Crippen MR) is 242 cm³/mol. The Kier molecular flexibility index (Phi) is 38.1. The average molecular weight is 817 g/mol. The van der Waals surface area contributed by atoms with Crippen molar-refractivity contribution in [1.29, 1.82) is 0 Å². The highest BCUT2D eigenvalue weighted by atomic mass is 31.2. The van der Waals surface area contributed by atoms with Crippen LogP contribution < -0.4 is 0 Å². The Labute approximate surface area is 349 Å². The lowest BCUT2D eigenvalue weighted by atomic mass is 10.1. The van der Waals surface area contributed by atoms with Gasteiger partial charge in [-0.3, -0.25) is 13.8 Å². The van der Waals surface area contributed by atoms with Gasteiger partial charge in [-0.15, -0.1) is 0 Å². The monoisotopic (exact) mass is 817 g/mol. The number of likely N-dealkylation sites (N-methyl/N-ethyl adjacent to an activating group) is 1. The molecule has 57 heavy (non-hydrogen) atoms. The Morgan fingerprint density at radius 2 is 1.04 bits per heavy atom. The second kappa shape index (κ2) is 40.1. The fourth-order valence-corrected chi connectivity index (χ4v) is 6.00. The summed E-state index contributed by atoms with van der Waals surface area (Å²) < 4.78 is 34.7. The summed E-state index contributed by atoms with van der Waals surface area (Å²) in [6.45, 7) is 4.66. The van der Waals surface area contributed by atoms with Gasteiger partial charge >= 0.3 is 13.8 Å². The van der Waals surface area contributed by atoms with Crippen LogP contribution >= 0.6 is 7.82 Å². The summed E-state index contributed by atoms with van der Waals surface area (Å²) in [6, 6.07) is 0. The lowest BCUT2D eigenvalue weighted by Gasteiger charge is -2.24. The number of esters is 1. The molecule has 0 amide bonds. The number of allylic oxidation sites excluding steroid dienone is 15. The third kappa shape index (κ3) is 44.2. The first-order valence-electron chi connectivity index (χ1n) is 22.0. The molecule has 0 rings (SSSR count). The van der Waals surface area contributed by atoms with Crippen LogP contribution in [0.3, 0.4) is 0 Å². The van der Waals surface area contributed by atoms with Crippen molar-refractivity contribution in [3.05, 3.63) is 97.4 Å². The van der Waals surface area contributed by atoms with Crippen LogP contribution in [0.2, 0.25) is 0 Å². The fourth-order valence-electron chi connectivity index (χ4n) is 5.26. The maximum absolute atomic E-state index is 12.5. The Balaban J connectivity index is 4.44. The van der Waals surface area contributed by atoms with Crippen molar-refractivity contribution in [2.75, 3.05) is 47.5 Å². The summed E-state index contributed by atoms with van der Waals surface area (Å²) in [6.07, 6.45) is 55.6. The van der Waals surface area contributed by atoms with Crippen molar-refractivity contribution >= 4 is 13.8 Å². The number of ether oxygens (including phenoxy) is 2. The minimum Gasteiger partial charge on any atom is -0.492 e. The zero-order valence-corrected chi connectivity index (χ0v) is 37.7. The second-order valence-electron chi connectivity index (χ2n) is 15.4. The molecule has 0 bridgehead atoms. The summed E-state index contributed by atoms with van der Waals surface area (Å²) in [5.74, 6) is -0.364. The molecule has 0 heterocycles. The van der Waals surface area contributed by atoms with Crippen LogP contribution in [-0.4, -0.2) is 69.0 Å². The molecule has 9 heteroatoms. The topological polar surface area (TPSA) is 91.3 Å². The molecular weight excluding hydrogens is 734 g/mol. The normalized spacial score (nSPS) is 14.6. The third-order valence-corrected chi connectivity index (χ3v) is 9.72. The summed E-state index contributed by atoms with van der Waals surface area (Å²) in [5, 5.41) is 0. The van der Waals surface area contributed by atoms with E-state index in [-0.39, 0.29) is 32.2 Å². The highest BCUT2D eigenvalue weighted by Gasteiger charge is 2.25. The molecular formula is C48H83NO7P+. The number of rotatable bonds is 39. The molecule has 1 N–H and O–H groups in total. The van der Waals surface area contributed by atoms with Gasteiger partial charge in [-0.05, 0) is 89.5 Å². The van der Waals surface area contributed by atoms with Crippen molar-refractivity contribution in [2.24, 2.45) is 0 Å². The van der Waals surface area contributed by atoms with Gasteiger partial charge in [-0.25, -0.2) is 4.57 Å². The largest absolute Gasteiger partial charge is 0.492 e. The van der Waals surface area contributed by atoms with Crippen LogP contribution in [0.4, 0.5) is 0 Å². The molecule has 0 saturated heterocycles. The maximum Gasteiger partial charge on any atom is 0.472 e. The van der Waals surface area contributed by atoms with E-state index in [1.54, 1.807) is 6.26 Å². The molecule has 0 radical (unpaired) electrons. The minimum atomic E-state index is -4.29. The molecule has 8 nitrogen and oxygen atoms in total. The van der Waals surface area contributed by atoms with Crippen molar-refractivity contribution in [2.45, 2.75) is 155 Å². The quantitative estimate of drug-likeness (QED) is 0.0165. The number of quaternary nitrogens is 1. The number of nitrogens with zero attached hydrogens (tertiary/aromatic N) is 1. The van der Waals surface area contributed by atoms with E-state index in [4.69, 9.17) is 18.5 Å². The van der Waals surface area contributed by atoms with Gasteiger partial charge < -0.3 is 18.9 Å². The smallest absolute Gasteiger partial charge is 0.472 e. The van der Waals surface area contributed by atoms with Crippen LogP contribution in [0.1, 0.15) is 149 Å². The van der Waals surface area contributed by atoms with Gasteiger partial charge in [0.05, 0.1) is 34.0 Å². The van der Waals surface area contributed by atoms with E-state index in [9.17, 15) is 14.3 Å². The molecule has 0 spiro atoms. The van der Waals surface area contributed by atoms with Crippen LogP contribution in [0.5, 0.6) is 0 Å². The SMILES string of the molecule is CC/C=C\C/C=C\C/C=C\C/C=C\C/C=C\C/C=C\CCC(=O)OCC(COP(=O)(O)OCC[N+](C)(C)C)O/C=C\CCCCCCCC/C=C\CCCCCC. The first kappa shape index (κ1) is 54.3. The fraction of sp³-hybridized carbons (Fsp3) is 0.646. The van der Waals surface area contributed by atoms with Gasteiger partial charge in [0.15, 0.2) is 6.10 Å². The van der Waals surface area contributed by atoms with E-state index in [2.05, 4.69) is 86.8 Å². The zero-order chi connectivity index (χ0) is 42.0. The molecule has 0 aromatic heterocycles. The molecule has 2 unspecified atom stereocenters. The van der Waals surface area contributed by atoms with E-state index in [0.29, 0.717) is 17.4 Å².